The number of carbonyl (C=O) groups is 2. The second kappa shape index (κ2) is 14.1. The smallest absolute Gasteiger partial charge is 0.360 e. The van der Waals surface area contributed by atoms with Crippen LogP contribution >= 0.6 is 0 Å². The van der Waals surface area contributed by atoms with Gasteiger partial charge in [-0.15, -0.1) is 5.10 Å². The summed E-state index contributed by atoms with van der Waals surface area (Å²) in [5, 5.41) is 21.7. The van der Waals surface area contributed by atoms with Crippen LogP contribution in [0.5, 0.6) is 0 Å². The normalized spacial score (nSPS) is 11.1. The molecule has 0 radical (unpaired) electrons. The number of hydrogen-bond donors (Lipinski definition) is 2. The fraction of sp³-hybridized carbons (Fsp3) is 0.182. The lowest BCUT2D eigenvalue weighted by Crippen LogP contribution is -2.20. The molecule has 0 saturated heterocycles. The molecule has 0 aliphatic carbocycles. The van der Waals surface area contributed by atoms with Gasteiger partial charge in [0.05, 0.1) is 30.8 Å². The van der Waals surface area contributed by atoms with E-state index in [9.17, 15) is 35.9 Å². The molecule has 0 atom stereocenters. The van der Waals surface area contributed by atoms with Gasteiger partial charge < -0.3 is 14.7 Å². The maximum absolute atomic E-state index is 13.0. The number of rotatable bonds is 8. The predicted octanol–water partition coefficient (Wildman–Crippen LogP) is 3.76. The van der Waals surface area contributed by atoms with E-state index in [2.05, 4.69) is 35.4 Å². The molecule has 0 aliphatic heterocycles. The van der Waals surface area contributed by atoms with Crippen LogP contribution in [-0.2, 0) is 14.3 Å². The molecule has 0 fully saturated rings. The van der Waals surface area contributed by atoms with E-state index in [-0.39, 0.29) is 30.3 Å². The van der Waals surface area contributed by atoms with Crippen molar-refractivity contribution < 1.29 is 50.6 Å². The van der Waals surface area contributed by atoms with Crippen LogP contribution in [0.1, 0.15) is 24.3 Å². The molecule has 3 aromatic rings. The van der Waals surface area contributed by atoms with Crippen LogP contribution in [-0.4, -0.2) is 57.3 Å². The van der Waals surface area contributed by atoms with E-state index in [4.69, 9.17) is 5.21 Å². The summed E-state index contributed by atoms with van der Waals surface area (Å²) >= 11 is 0. The van der Waals surface area contributed by atoms with E-state index < -0.39 is 52.6 Å². The largest absolute Gasteiger partial charge is 0.461 e. The topological polar surface area (TPSA) is 140 Å². The average molecular weight is 560 g/mol. The summed E-state index contributed by atoms with van der Waals surface area (Å²) in [6.07, 6.45) is 1.75. The van der Waals surface area contributed by atoms with Crippen LogP contribution in [0.2, 0.25) is 0 Å². The molecule has 17 heteroatoms. The molecule has 0 unspecified atom stereocenters. The number of nitrogens with zero attached hydrogens (tertiary/aromatic N) is 5. The second-order valence-corrected chi connectivity index (χ2v) is 6.79. The van der Waals surface area contributed by atoms with Gasteiger partial charge in [0.15, 0.2) is 46.3 Å². The van der Waals surface area contributed by atoms with E-state index in [0.717, 1.165) is 11.0 Å². The van der Waals surface area contributed by atoms with Crippen LogP contribution in [0.15, 0.2) is 40.7 Å². The SMILES string of the molecule is CCOC(=O)C(/C=N/O)=N/Nc1cc(F)c(F)c(F)c1.CCOC(=O)c1cnn(-c2cc(F)c(F)c(F)c2)n1. The van der Waals surface area contributed by atoms with Crippen molar-refractivity contribution in [1.29, 1.82) is 0 Å². The maximum Gasteiger partial charge on any atom is 0.360 e. The summed E-state index contributed by atoms with van der Waals surface area (Å²) in [5.74, 6) is -10.4. The summed E-state index contributed by atoms with van der Waals surface area (Å²) in [6.45, 7) is 3.37. The standard InChI is InChI=1S/C11H10F3N3O3.C11H8F3N3O2/c1-2-20-11(18)9(5-15-19)17-16-6-3-7(12)10(14)8(13)4-6;1-2-19-11(18)9-5-15-17(16-9)6-3-7(12)10(14)8(13)4-6/h3-5,16,19H,2H2,1H3;3-5H,2H2,1H3/b15-5+,17-9+;. The van der Waals surface area contributed by atoms with E-state index in [1.165, 1.54) is 0 Å². The van der Waals surface area contributed by atoms with Crippen LogP contribution < -0.4 is 5.43 Å². The lowest BCUT2D eigenvalue weighted by atomic mass is 10.3. The number of anilines is 1. The average Bonchev–Trinajstić information content (AvgIpc) is 3.39. The fourth-order valence-corrected chi connectivity index (χ4v) is 2.48. The number of carbonyl (C=O) groups excluding carboxylic acids is 2. The van der Waals surface area contributed by atoms with E-state index >= 15 is 0 Å². The number of nitrogens with one attached hydrogen (secondary N) is 1. The van der Waals surface area contributed by atoms with Crippen molar-refractivity contribution in [2.75, 3.05) is 18.6 Å². The first kappa shape index (κ1) is 30.3. The first-order valence-electron chi connectivity index (χ1n) is 10.6. The van der Waals surface area contributed by atoms with E-state index in [1.807, 2.05) is 0 Å². The number of oxime groups is 1. The predicted molar refractivity (Wildman–Crippen MR) is 121 cm³/mol. The van der Waals surface area contributed by atoms with Gasteiger partial charge in [0, 0.05) is 24.3 Å². The van der Waals surface area contributed by atoms with Gasteiger partial charge in [-0.25, -0.2) is 35.9 Å². The first-order chi connectivity index (χ1) is 18.5. The molecular formula is C22H18F6N6O5. The van der Waals surface area contributed by atoms with Crippen molar-refractivity contribution in [3.63, 3.8) is 0 Å². The van der Waals surface area contributed by atoms with E-state index in [0.29, 0.717) is 30.5 Å². The van der Waals surface area contributed by atoms with Crippen LogP contribution in [0.25, 0.3) is 5.69 Å². The van der Waals surface area contributed by atoms with Gasteiger partial charge in [-0.3, -0.25) is 5.43 Å². The zero-order chi connectivity index (χ0) is 29.1. The Kier molecular flexibility index (Phi) is 10.9. The Morgan fingerprint density at radius 3 is 2.00 bits per heavy atom. The van der Waals surface area contributed by atoms with Gasteiger partial charge in [0.25, 0.3) is 0 Å². The highest BCUT2D eigenvalue weighted by Gasteiger charge is 2.16. The molecule has 2 aromatic carbocycles. The fourth-order valence-electron chi connectivity index (χ4n) is 2.48. The number of aromatic nitrogens is 3. The third-order valence-electron chi connectivity index (χ3n) is 4.13. The van der Waals surface area contributed by atoms with Gasteiger partial charge >= 0.3 is 11.9 Å². The third kappa shape index (κ3) is 8.27. The number of ether oxygens (including phenoxy) is 2. The Hall–Kier alpha value is -4.96. The van der Waals surface area contributed by atoms with Gasteiger partial charge in [0.1, 0.15) is 6.21 Å². The Morgan fingerprint density at radius 2 is 1.49 bits per heavy atom. The minimum Gasteiger partial charge on any atom is -0.461 e. The Labute approximate surface area is 215 Å². The van der Waals surface area contributed by atoms with Crippen LogP contribution in [0, 0.1) is 34.9 Å². The van der Waals surface area contributed by atoms with Gasteiger partial charge in [-0.05, 0) is 13.8 Å². The Morgan fingerprint density at radius 1 is 0.949 bits per heavy atom. The molecule has 0 saturated carbocycles. The summed E-state index contributed by atoms with van der Waals surface area (Å²) in [7, 11) is 0. The molecular weight excluding hydrogens is 542 g/mol. The van der Waals surface area contributed by atoms with Crippen LogP contribution in [0.4, 0.5) is 32.0 Å². The lowest BCUT2D eigenvalue weighted by Gasteiger charge is -2.04. The number of halogens is 6. The number of benzene rings is 2. The van der Waals surface area contributed by atoms with Crippen molar-refractivity contribution in [2.24, 2.45) is 10.3 Å². The van der Waals surface area contributed by atoms with Gasteiger partial charge in [-0.2, -0.15) is 15.0 Å². The Bertz CT molecular complexity index is 1350. The quantitative estimate of drug-likeness (QED) is 0.106. The molecule has 0 amide bonds. The van der Waals surface area contributed by atoms with Crippen molar-refractivity contribution in [3.8, 4) is 5.69 Å². The molecule has 2 N–H and O–H groups in total. The zero-order valence-corrected chi connectivity index (χ0v) is 20.0. The number of esters is 2. The number of hydrazone groups is 1. The molecule has 3 rings (SSSR count). The lowest BCUT2D eigenvalue weighted by molar-refractivity contribution is -0.134. The highest BCUT2D eigenvalue weighted by Crippen LogP contribution is 2.18. The van der Waals surface area contributed by atoms with Crippen molar-refractivity contribution in [2.45, 2.75) is 13.8 Å². The molecule has 11 nitrogen and oxygen atoms in total. The highest BCUT2D eigenvalue weighted by molar-refractivity contribution is 6.59. The second-order valence-electron chi connectivity index (χ2n) is 6.79. The van der Waals surface area contributed by atoms with Crippen molar-refractivity contribution in [1.82, 2.24) is 15.0 Å². The van der Waals surface area contributed by atoms with Crippen molar-refractivity contribution >= 4 is 29.6 Å². The molecule has 1 heterocycles. The summed E-state index contributed by atoms with van der Waals surface area (Å²) < 4.78 is 86.7. The first-order valence-corrected chi connectivity index (χ1v) is 10.6. The molecule has 39 heavy (non-hydrogen) atoms. The summed E-state index contributed by atoms with van der Waals surface area (Å²) in [6, 6.07) is 2.71. The summed E-state index contributed by atoms with van der Waals surface area (Å²) in [5.41, 5.74) is 1.16. The minimum atomic E-state index is -1.62. The summed E-state index contributed by atoms with van der Waals surface area (Å²) in [4.78, 5) is 23.5. The maximum atomic E-state index is 13.0. The molecule has 208 valence electrons. The highest BCUT2D eigenvalue weighted by atomic mass is 19.2. The van der Waals surface area contributed by atoms with Gasteiger partial charge in [0.2, 0.25) is 0 Å². The zero-order valence-electron chi connectivity index (χ0n) is 20.0. The molecule has 0 spiro atoms. The minimum absolute atomic E-state index is 0.0525. The molecule has 0 aliphatic rings. The molecule has 0 bridgehead atoms. The molecule has 1 aromatic heterocycles. The third-order valence-corrected chi connectivity index (χ3v) is 4.13. The van der Waals surface area contributed by atoms with Crippen molar-refractivity contribution in [3.05, 3.63) is 71.1 Å². The Balaban J connectivity index is 0.000000274. The number of hydrogen-bond acceptors (Lipinski definition) is 10. The van der Waals surface area contributed by atoms with Gasteiger partial charge in [-0.1, -0.05) is 5.16 Å². The monoisotopic (exact) mass is 560 g/mol. The van der Waals surface area contributed by atoms with E-state index in [1.54, 1.807) is 13.8 Å². The van der Waals surface area contributed by atoms with Crippen LogP contribution in [0.3, 0.4) is 0 Å².